The largest absolute Gasteiger partial charge is 0.357 e. The zero-order chi connectivity index (χ0) is 26.0. The molecule has 0 radical (unpaired) electrons. The van der Waals surface area contributed by atoms with Crippen LogP contribution in [0.5, 0.6) is 0 Å². The Kier molecular flexibility index (Phi) is 13.2. The quantitative estimate of drug-likeness (QED) is 0.0934. The fraction of sp³-hybridized carbons (Fsp3) is 0.457. The molecule has 0 fully saturated rings. The summed E-state index contributed by atoms with van der Waals surface area (Å²) < 4.78 is 7.10. The molecule has 2 nitrogen and oxygen atoms in total. The van der Waals surface area contributed by atoms with Gasteiger partial charge in [-0.05, 0) is 23.1 Å². The van der Waals surface area contributed by atoms with Crippen LogP contribution in [0.25, 0.3) is 0 Å². The van der Waals surface area contributed by atoms with Crippen LogP contribution in [0.15, 0.2) is 91.0 Å². The Labute approximate surface area is 225 Å². The SMILES string of the molecule is CCCCCCCCCCCCC[C@H](CC=O)OC(c1ccccc1)(c1ccccc1)c1ccccc1. The van der Waals surface area contributed by atoms with E-state index in [1.807, 2.05) is 18.2 Å². The summed E-state index contributed by atoms with van der Waals surface area (Å²) in [5, 5.41) is 0. The summed E-state index contributed by atoms with van der Waals surface area (Å²) in [7, 11) is 0. The van der Waals surface area contributed by atoms with Crippen LogP contribution < -0.4 is 0 Å². The molecule has 3 rings (SSSR count). The molecule has 0 bridgehead atoms. The second-order valence-electron chi connectivity index (χ2n) is 10.2. The summed E-state index contributed by atoms with van der Waals surface area (Å²) in [5.74, 6) is 0. The van der Waals surface area contributed by atoms with Gasteiger partial charge in [-0.2, -0.15) is 0 Å². The second-order valence-corrected chi connectivity index (χ2v) is 10.2. The van der Waals surface area contributed by atoms with E-state index in [1.54, 1.807) is 0 Å². The van der Waals surface area contributed by atoms with Gasteiger partial charge in [0, 0.05) is 6.42 Å². The van der Waals surface area contributed by atoms with Crippen molar-refractivity contribution in [3.63, 3.8) is 0 Å². The molecule has 198 valence electrons. The fourth-order valence-electron chi connectivity index (χ4n) is 5.34. The number of hydrogen-bond donors (Lipinski definition) is 0. The minimum absolute atomic E-state index is 0.142. The van der Waals surface area contributed by atoms with Crippen LogP contribution in [0, 0.1) is 0 Å². The minimum Gasteiger partial charge on any atom is -0.357 e. The molecule has 0 amide bonds. The van der Waals surface area contributed by atoms with Crippen LogP contribution in [0.4, 0.5) is 0 Å². The third-order valence-electron chi connectivity index (χ3n) is 7.37. The van der Waals surface area contributed by atoms with E-state index in [-0.39, 0.29) is 6.10 Å². The highest BCUT2D eigenvalue weighted by molar-refractivity contribution is 5.51. The molecule has 3 aromatic rings. The maximum Gasteiger partial charge on any atom is 0.144 e. The summed E-state index contributed by atoms with van der Waals surface area (Å²) in [6, 6.07) is 31.4. The van der Waals surface area contributed by atoms with E-state index in [1.165, 1.54) is 64.2 Å². The maximum absolute atomic E-state index is 11.7. The van der Waals surface area contributed by atoms with Crippen LogP contribution in [-0.2, 0) is 15.1 Å². The number of carbonyl (C=O) groups excluding carboxylic acids is 1. The predicted octanol–water partition coefficient (Wildman–Crippen LogP) is 9.65. The minimum atomic E-state index is -0.769. The van der Waals surface area contributed by atoms with E-state index >= 15 is 0 Å². The number of unbranched alkanes of at least 4 members (excludes halogenated alkanes) is 10. The Morgan fingerprint density at radius 3 is 1.35 bits per heavy atom. The van der Waals surface area contributed by atoms with Gasteiger partial charge in [-0.1, -0.05) is 169 Å². The van der Waals surface area contributed by atoms with Gasteiger partial charge in [-0.25, -0.2) is 0 Å². The summed E-state index contributed by atoms with van der Waals surface area (Å²) in [6.45, 7) is 2.27. The second kappa shape index (κ2) is 16.9. The Bertz CT molecular complexity index is 871. The Hall–Kier alpha value is -2.71. The lowest BCUT2D eigenvalue weighted by Crippen LogP contribution is -2.37. The number of hydrogen-bond acceptors (Lipinski definition) is 2. The smallest absolute Gasteiger partial charge is 0.144 e. The molecule has 3 aromatic carbocycles. The predicted molar refractivity (Wildman–Crippen MR) is 156 cm³/mol. The van der Waals surface area contributed by atoms with Crippen LogP contribution in [0.3, 0.4) is 0 Å². The molecule has 0 aromatic heterocycles. The highest BCUT2D eigenvalue weighted by atomic mass is 16.5. The zero-order valence-corrected chi connectivity index (χ0v) is 22.8. The summed E-state index contributed by atoms with van der Waals surface area (Å²) in [5.41, 5.74) is 2.49. The van der Waals surface area contributed by atoms with E-state index in [4.69, 9.17) is 4.74 Å². The normalized spacial score (nSPS) is 12.4. The van der Waals surface area contributed by atoms with Crippen molar-refractivity contribution in [3.8, 4) is 0 Å². The van der Waals surface area contributed by atoms with Crippen molar-refractivity contribution in [2.75, 3.05) is 0 Å². The van der Waals surface area contributed by atoms with Gasteiger partial charge >= 0.3 is 0 Å². The van der Waals surface area contributed by atoms with Gasteiger partial charge in [-0.3, -0.25) is 0 Å². The van der Waals surface area contributed by atoms with Crippen molar-refractivity contribution < 1.29 is 9.53 Å². The highest BCUT2D eigenvalue weighted by Crippen LogP contribution is 2.42. The van der Waals surface area contributed by atoms with Gasteiger partial charge < -0.3 is 9.53 Å². The van der Waals surface area contributed by atoms with Gasteiger partial charge in [-0.15, -0.1) is 0 Å². The lowest BCUT2D eigenvalue weighted by molar-refractivity contribution is -0.114. The molecule has 2 heteroatoms. The first-order valence-electron chi connectivity index (χ1n) is 14.6. The Balaban J connectivity index is 1.68. The Morgan fingerprint density at radius 1 is 0.595 bits per heavy atom. The van der Waals surface area contributed by atoms with E-state index < -0.39 is 5.60 Å². The third kappa shape index (κ3) is 8.97. The molecule has 37 heavy (non-hydrogen) atoms. The first-order chi connectivity index (χ1) is 18.3. The van der Waals surface area contributed by atoms with Crippen molar-refractivity contribution in [1.29, 1.82) is 0 Å². The van der Waals surface area contributed by atoms with E-state index in [0.29, 0.717) is 6.42 Å². The van der Waals surface area contributed by atoms with Gasteiger partial charge in [0.05, 0.1) is 6.10 Å². The van der Waals surface area contributed by atoms with Crippen molar-refractivity contribution in [1.82, 2.24) is 0 Å². The van der Waals surface area contributed by atoms with Gasteiger partial charge in [0.25, 0.3) is 0 Å². The molecule has 0 heterocycles. The molecule has 0 saturated carbocycles. The molecule has 0 aliphatic carbocycles. The standard InChI is InChI=1S/C35H46O2/c1-2-3-4-5-6-7-8-9-10-11-21-28-34(29-30-36)37-35(31-22-15-12-16-23-31,32-24-17-13-18-25-32)33-26-19-14-20-27-33/h12-20,22-27,30,34H,2-11,21,28-29H2,1H3/t34-/m1/s1. The molecule has 0 unspecified atom stereocenters. The van der Waals surface area contributed by atoms with Gasteiger partial charge in [0.1, 0.15) is 11.9 Å². The molecular formula is C35H46O2. The summed E-state index contributed by atoms with van der Waals surface area (Å²) in [6.07, 6.45) is 16.6. The molecule has 0 aliphatic rings. The first-order valence-corrected chi connectivity index (χ1v) is 14.6. The lowest BCUT2D eigenvalue weighted by Gasteiger charge is -2.39. The van der Waals surface area contributed by atoms with E-state index in [9.17, 15) is 4.79 Å². The summed E-state index contributed by atoms with van der Waals surface area (Å²) >= 11 is 0. The molecule has 0 N–H and O–H groups in total. The highest BCUT2D eigenvalue weighted by Gasteiger charge is 2.39. The molecular weight excluding hydrogens is 452 g/mol. The van der Waals surface area contributed by atoms with E-state index in [2.05, 4.69) is 79.7 Å². The van der Waals surface area contributed by atoms with Crippen LogP contribution in [0.2, 0.25) is 0 Å². The van der Waals surface area contributed by atoms with Crippen molar-refractivity contribution in [2.45, 2.75) is 102 Å². The number of ether oxygens (including phenoxy) is 1. The lowest BCUT2D eigenvalue weighted by atomic mass is 9.79. The molecule has 1 atom stereocenters. The molecule has 0 aliphatic heterocycles. The third-order valence-corrected chi connectivity index (χ3v) is 7.37. The Morgan fingerprint density at radius 2 is 0.973 bits per heavy atom. The molecule has 0 saturated heterocycles. The van der Waals surface area contributed by atoms with Crippen LogP contribution >= 0.6 is 0 Å². The first kappa shape index (κ1) is 28.9. The van der Waals surface area contributed by atoms with Crippen LogP contribution in [-0.4, -0.2) is 12.4 Å². The number of rotatable bonds is 19. The monoisotopic (exact) mass is 498 g/mol. The number of benzene rings is 3. The average molecular weight is 499 g/mol. The van der Waals surface area contributed by atoms with Crippen LogP contribution in [0.1, 0.15) is 107 Å². The molecule has 0 spiro atoms. The topological polar surface area (TPSA) is 26.3 Å². The number of aldehydes is 1. The summed E-state index contributed by atoms with van der Waals surface area (Å²) in [4.78, 5) is 11.7. The van der Waals surface area contributed by atoms with Gasteiger partial charge in [0.2, 0.25) is 0 Å². The van der Waals surface area contributed by atoms with E-state index in [0.717, 1.165) is 35.8 Å². The van der Waals surface area contributed by atoms with Gasteiger partial charge in [0.15, 0.2) is 0 Å². The maximum atomic E-state index is 11.7. The number of carbonyl (C=O) groups is 1. The average Bonchev–Trinajstić information content (AvgIpc) is 2.96. The van der Waals surface area contributed by atoms with Crippen molar-refractivity contribution in [2.24, 2.45) is 0 Å². The van der Waals surface area contributed by atoms with Crippen molar-refractivity contribution in [3.05, 3.63) is 108 Å². The zero-order valence-electron chi connectivity index (χ0n) is 22.8. The fourth-order valence-corrected chi connectivity index (χ4v) is 5.34. The van der Waals surface area contributed by atoms with Crippen molar-refractivity contribution >= 4 is 6.29 Å².